The minimum Gasteiger partial charge on any atom is -0.363 e. The van der Waals surface area contributed by atoms with Gasteiger partial charge in [0, 0.05) is 24.2 Å². The lowest BCUT2D eigenvalue weighted by atomic mass is 9.67. The van der Waals surface area contributed by atoms with Crippen molar-refractivity contribution in [2.45, 2.75) is 38.7 Å². The molecule has 2 aliphatic carbocycles. The molecule has 16 heavy (non-hydrogen) atoms. The maximum absolute atomic E-state index is 11.8. The van der Waals surface area contributed by atoms with Crippen LogP contribution in [0.15, 0.2) is 0 Å². The van der Waals surface area contributed by atoms with Gasteiger partial charge in [0.15, 0.2) is 5.78 Å². The van der Waals surface area contributed by atoms with Crippen molar-refractivity contribution in [1.82, 2.24) is 0 Å². The molecule has 0 heterocycles. The average Bonchev–Trinajstić information content (AvgIpc) is 2.56. The van der Waals surface area contributed by atoms with Crippen molar-refractivity contribution >= 4 is 17.9 Å². The van der Waals surface area contributed by atoms with Gasteiger partial charge in [-0.3, -0.25) is 9.59 Å². The van der Waals surface area contributed by atoms with Gasteiger partial charge in [-0.15, -0.1) is 0 Å². The highest BCUT2D eigenvalue weighted by molar-refractivity contribution is 5.93. The van der Waals surface area contributed by atoms with Crippen LogP contribution in [0, 0.1) is 11.3 Å². The van der Waals surface area contributed by atoms with E-state index in [1.807, 2.05) is 6.92 Å². The first-order valence-corrected chi connectivity index (χ1v) is 5.71. The largest absolute Gasteiger partial charge is 0.363 e. The minimum atomic E-state index is -0.546. The van der Waals surface area contributed by atoms with Gasteiger partial charge in [0.2, 0.25) is 0 Å². The summed E-state index contributed by atoms with van der Waals surface area (Å²) in [7, 11) is 0. The van der Waals surface area contributed by atoms with Gasteiger partial charge in [-0.1, -0.05) is 6.92 Å². The highest BCUT2D eigenvalue weighted by Crippen LogP contribution is 2.49. The number of hydrogen-bond donors (Lipinski definition) is 0. The van der Waals surface area contributed by atoms with Crippen LogP contribution < -0.4 is 0 Å². The highest BCUT2D eigenvalue weighted by Gasteiger charge is 2.54. The number of rotatable bonds is 3. The van der Waals surface area contributed by atoms with Crippen molar-refractivity contribution in [3.63, 3.8) is 0 Å². The van der Waals surface area contributed by atoms with Gasteiger partial charge in [0.1, 0.15) is 24.8 Å². The Morgan fingerprint density at radius 2 is 2.19 bits per heavy atom. The van der Waals surface area contributed by atoms with E-state index >= 15 is 0 Å². The fraction of sp³-hybridized carbons (Fsp3) is 0.750. The second kappa shape index (κ2) is 4.09. The Balaban J connectivity index is 2.19. The fourth-order valence-electron chi connectivity index (χ4n) is 3.01. The Kier molecular flexibility index (Phi) is 2.93. The molecule has 2 rings (SSSR count). The number of hydrogen-bond acceptors (Lipinski definition) is 4. The normalized spacial score (nSPS) is 38.6. The number of ether oxygens (including phenoxy) is 1. The summed E-state index contributed by atoms with van der Waals surface area (Å²) in [6, 6.07) is 0. The van der Waals surface area contributed by atoms with Gasteiger partial charge in [0.25, 0.3) is 0 Å². The molecule has 0 aromatic heterocycles. The summed E-state index contributed by atoms with van der Waals surface area (Å²) in [5.74, 6) is 0.255. The van der Waals surface area contributed by atoms with Crippen LogP contribution in [0.25, 0.3) is 0 Å². The average molecular weight is 224 g/mol. The Bertz CT molecular complexity index is 336. The van der Waals surface area contributed by atoms with Crippen molar-refractivity contribution in [2.75, 3.05) is 6.61 Å². The molecule has 88 valence electrons. The molecule has 0 amide bonds. The van der Waals surface area contributed by atoms with Crippen LogP contribution in [0.4, 0.5) is 0 Å². The topological polar surface area (TPSA) is 60.4 Å². The minimum absolute atomic E-state index is 0.0267. The van der Waals surface area contributed by atoms with E-state index in [9.17, 15) is 14.4 Å². The smallest absolute Gasteiger partial charge is 0.161 e. The van der Waals surface area contributed by atoms with Gasteiger partial charge in [-0.2, -0.15) is 0 Å². The van der Waals surface area contributed by atoms with Crippen LogP contribution in [0.1, 0.15) is 32.6 Å². The zero-order chi connectivity index (χ0) is 11.8. The van der Waals surface area contributed by atoms with Crippen LogP contribution in [-0.4, -0.2) is 30.6 Å². The van der Waals surface area contributed by atoms with Gasteiger partial charge >= 0.3 is 0 Å². The van der Waals surface area contributed by atoms with Crippen LogP contribution in [0.5, 0.6) is 0 Å². The third-order valence-corrected chi connectivity index (χ3v) is 4.06. The summed E-state index contributed by atoms with van der Waals surface area (Å²) >= 11 is 0. The summed E-state index contributed by atoms with van der Waals surface area (Å²) < 4.78 is 5.30. The van der Waals surface area contributed by atoms with E-state index in [1.165, 1.54) is 0 Å². The van der Waals surface area contributed by atoms with Crippen LogP contribution >= 0.6 is 0 Å². The number of Topliss-reactive ketones (excluding diaryl/α,β-unsaturated/α-hetero) is 2. The van der Waals surface area contributed by atoms with Crippen molar-refractivity contribution in [3.05, 3.63) is 0 Å². The number of carbonyl (C=O) groups is 3. The molecule has 0 aliphatic heterocycles. The number of aldehydes is 1. The zero-order valence-electron chi connectivity index (χ0n) is 9.40. The van der Waals surface area contributed by atoms with Crippen LogP contribution in [0.2, 0.25) is 0 Å². The molecule has 2 fully saturated rings. The molecule has 0 radical (unpaired) electrons. The molecule has 0 spiro atoms. The SMILES string of the molecule is C[C@]12CCC(=O)[C@@H](OCC=O)[C@@H]1CCC2=O. The molecule has 0 N–H and O–H groups in total. The molecular formula is C12H16O4. The monoisotopic (exact) mass is 224 g/mol. The Labute approximate surface area is 94.3 Å². The third kappa shape index (κ3) is 1.61. The second-order valence-electron chi connectivity index (χ2n) is 4.87. The van der Waals surface area contributed by atoms with E-state index in [0.29, 0.717) is 32.0 Å². The quantitative estimate of drug-likeness (QED) is 0.669. The Morgan fingerprint density at radius 1 is 1.44 bits per heavy atom. The maximum atomic E-state index is 11.8. The van der Waals surface area contributed by atoms with Gasteiger partial charge in [0.05, 0.1) is 0 Å². The lowest BCUT2D eigenvalue weighted by molar-refractivity contribution is -0.148. The molecule has 0 aromatic rings. The standard InChI is InChI=1S/C12H16O4/c1-12-5-4-9(14)11(16-7-6-13)8(12)2-3-10(12)15/h6,8,11H,2-5,7H2,1H3/t8-,11-,12-/m0/s1. The van der Waals surface area contributed by atoms with Crippen molar-refractivity contribution in [3.8, 4) is 0 Å². The van der Waals surface area contributed by atoms with E-state index in [4.69, 9.17) is 4.74 Å². The molecular weight excluding hydrogens is 208 g/mol. The molecule has 0 aromatic carbocycles. The number of carbonyl (C=O) groups excluding carboxylic acids is 3. The third-order valence-electron chi connectivity index (χ3n) is 4.06. The summed E-state index contributed by atoms with van der Waals surface area (Å²) in [4.78, 5) is 33.8. The first kappa shape index (κ1) is 11.5. The molecule has 4 heteroatoms. The Hall–Kier alpha value is -1.03. The number of ketones is 2. The maximum Gasteiger partial charge on any atom is 0.161 e. The molecule has 0 unspecified atom stereocenters. The summed E-state index contributed by atoms with van der Waals surface area (Å²) in [5.41, 5.74) is -0.401. The molecule has 0 bridgehead atoms. The van der Waals surface area contributed by atoms with E-state index in [-0.39, 0.29) is 24.1 Å². The fourth-order valence-corrected chi connectivity index (χ4v) is 3.01. The predicted molar refractivity (Wildman–Crippen MR) is 55.9 cm³/mol. The summed E-state index contributed by atoms with van der Waals surface area (Å²) in [6.45, 7) is 1.87. The van der Waals surface area contributed by atoms with E-state index in [2.05, 4.69) is 0 Å². The zero-order valence-corrected chi connectivity index (χ0v) is 9.40. The first-order valence-electron chi connectivity index (χ1n) is 5.71. The van der Waals surface area contributed by atoms with E-state index < -0.39 is 11.5 Å². The van der Waals surface area contributed by atoms with E-state index in [1.54, 1.807) is 0 Å². The molecule has 2 aliphatic rings. The summed E-state index contributed by atoms with van der Waals surface area (Å²) in [5, 5.41) is 0. The highest BCUT2D eigenvalue weighted by atomic mass is 16.5. The lowest BCUT2D eigenvalue weighted by Crippen LogP contribution is -2.46. The predicted octanol–water partition coefficient (Wildman–Crippen LogP) is 0.919. The molecule has 4 nitrogen and oxygen atoms in total. The second-order valence-corrected chi connectivity index (χ2v) is 4.87. The molecule has 2 saturated carbocycles. The molecule has 3 atom stereocenters. The first-order chi connectivity index (χ1) is 7.59. The van der Waals surface area contributed by atoms with Crippen molar-refractivity contribution in [1.29, 1.82) is 0 Å². The summed E-state index contributed by atoms with van der Waals surface area (Å²) in [6.07, 6.45) is 2.38. The van der Waals surface area contributed by atoms with Gasteiger partial charge in [-0.05, 0) is 12.8 Å². The van der Waals surface area contributed by atoms with Gasteiger partial charge in [-0.25, -0.2) is 0 Å². The van der Waals surface area contributed by atoms with Crippen molar-refractivity contribution < 1.29 is 19.1 Å². The van der Waals surface area contributed by atoms with Crippen molar-refractivity contribution in [2.24, 2.45) is 11.3 Å². The number of fused-ring (bicyclic) bond motifs is 1. The lowest BCUT2D eigenvalue weighted by Gasteiger charge is -2.38. The Morgan fingerprint density at radius 3 is 2.88 bits per heavy atom. The van der Waals surface area contributed by atoms with Gasteiger partial charge < -0.3 is 9.53 Å². The molecule has 0 saturated heterocycles. The van der Waals surface area contributed by atoms with E-state index in [0.717, 1.165) is 0 Å². The van der Waals surface area contributed by atoms with Crippen LogP contribution in [0.3, 0.4) is 0 Å². The van der Waals surface area contributed by atoms with Crippen LogP contribution in [-0.2, 0) is 19.1 Å².